The van der Waals surface area contributed by atoms with Crippen molar-refractivity contribution in [2.45, 2.75) is 37.0 Å². The van der Waals surface area contributed by atoms with Crippen molar-refractivity contribution in [1.82, 2.24) is 5.32 Å². The molecule has 146 valence electrons. The van der Waals surface area contributed by atoms with Gasteiger partial charge in [-0.3, -0.25) is 4.79 Å². The van der Waals surface area contributed by atoms with Gasteiger partial charge in [0.05, 0.1) is 19.8 Å². The number of halogens is 2. The second-order valence-corrected chi connectivity index (χ2v) is 6.92. The summed E-state index contributed by atoms with van der Waals surface area (Å²) in [6.07, 6.45) is 0.895. The quantitative estimate of drug-likeness (QED) is 0.586. The Kier molecular flexibility index (Phi) is 7.91. The zero-order valence-electron chi connectivity index (χ0n) is 15.5. The second kappa shape index (κ2) is 10.2. The molecule has 0 aliphatic carbocycles. The number of thioether (sulfide) groups is 1. The highest BCUT2D eigenvalue weighted by Crippen LogP contribution is 2.30. The minimum atomic E-state index is -2.48. The highest BCUT2D eigenvalue weighted by molar-refractivity contribution is 7.99. The zero-order chi connectivity index (χ0) is 19.8. The van der Waals surface area contributed by atoms with E-state index in [1.807, 2.05) is 32.0 Å². The van der Waals surface area contributed by atoms with E-state index in [1.165, 1.54) is 24.3 Å². The summed E-state index contributed by atoms with van der Waals surface area (Å²) in [5.41, 5.74) is 1.28. The number of hydrogen-bond acceptors (Lipinski definition) is 4. The maximum absolute atomic E-state index is 12.4. The summed E-state index contributed by atoms with van der Waals surface area (Å²) in [5, 5.41) is 2.90. The van der Waals surface area contributed by atoms with Crippen molar-refractivity contribution in [1.29, 1.82) is 0 Å². The Morgan fingerprint density at radius 3 is 2.44 bits per heavy atom. The molecule has 0 aromatic heterocycles. The molecular formula is C20H23F2NO3S. The van der Waals surface area contributed by atoms with Crippen molar-refractivity contribution in [3.05, 3.63) is 53.6 Å². The molecule has 1 N–H and O–H groups in total. The third-order valence-electron chi connectivity index (χ3n) is 3.84. The molecule has 7 heteroatoms. The molecule has 0 aliphatic heterocycles. The first-order chi connectivity index (χ1) is 12.9. The molecular weight excluding hydrogens is 372 g/mol. The molecule has 4 nitrogen and oxygen atoms in total. The van der Waals surface area contributed by atoms with Gasteiger partial charge in [-0.05, 0) is 55.3 Å². The molecule has 1 unspecified atom stereocenters. The zero-order valence-corrected chi connectivity index (χ0v) is 16.3. The number of carbonyl (C=O) groups is 1. The Hall–Kier alpha value is -2.28. The van der Waals surface area contributed by atoms with Crippen molar-refractivity contribution in [3.63, 3.8) is 0 Å². The van der Waals surface area contributed by atoms with Gasteiger partial charge in [-0.15, -0.1) is 0 Å². The molecule has 27 heavy (non-hydrogen) atoms. The highest BCUT2D eigenvalue weighted by Gasteiger charge is 2.15. The smallest absolute Gasteiger partial charge is 0.288 e. The van der Waals surface area contributed by atoms with Crippen LogP contribution in [-0.2, 0) is 0 Å². The number of methoxy groups -OCH3 is 1. The van der Waals surface area contributed by atoms with Crippen molar-refractivity contribution < 1.29 is 23.0 Å². The van der Waals surface area contributed by atoms with Gasteiger partial charge >= 0.3 is 0 Å². The molecule has 0 saturated carbocycles. The fourth-order valence-electron chi connectivity index (χ4n) is 2.44. The van der Waals surface area contributed by atoms with Crippen LogP contribution in [0.2, 0.25) is 0 Å². The van der Waals surface area contributed by atoms with E-state index in [4.69, 9.17) is 9.47 Å². The molecule has 2 aromatic carbocycles. The highest BCUT2D eigenvalue weighted by atomic mass is 32.2. The first-order valence-corrected chi connectivity index (χ1v) is 9.49. The van der Waals surface area contributed by atoms with Crippen LogP contribution in [-0.4, -0.2) is 25.4 Å². The fraction of sp³-hybridized carbons (Fsp3) is 0.350. The fourth-order valence-corrected chi connectivity index (χ4v) is 2.93. The van der Waals surface area contributed by atoms with Crippen LogP contribution in [0.4, 0.5) is 8.78 Å². The van der Waals surface area contributed by atoms with Gasteiger partial charge in [-0.1, -0.05) is 24.8 Å². The van der Waals surface area contributed by atoms with E-state index < -0.39 is 5.76 Å². The summed E-state index contributed by atoms with van der Waals surface area (Å²) in [6.45, 7) is 4.49. The summed E-state index contributed by atoms with van der Waals surface area (Å²) in [4.78, 5) is 12.8. The first kappa shape index (κ1) is 21.0. The van der Waals surface area contributed by atoms with Crippen molar-refractivity contribution in [2.75, 3.05) is 13.7 Å². The molecule has 1 amide bonds. The lowest BCUT2D eigenvalue weighted by Gasteiger charge is -2.17. The Labute approximate surface area is 162 Å². The number of nitrogens with one attached hydrogen (secondary N) is 1. The van der Waals surface area contributed by atoms with E-state index in [1.54, 1.807) is 7.11 Å². The molecule has 0 heterocycles. The van der Waals surface area contributed by atoms with Gasteiger partial charge in [0, 0.05) is 10.5 Å². The van der Waals surface area contributed by atoms with E-state index in [-0.39, 0.29) is 11.9 Å². The second-order valence-electron chi connectivity index (χ2n) is 5.86. The molecule has 0 aliphatic rings. The average Bonchev–Trinajstić information content (AvgIpc) is 2.66. The van der Waals surface area contributed by atoms with E-state index in [9.17, 15) is 13.6 Å². The minimum absolute atomic E-state index is 0.262. The van der Waals surface area contributed by atoms with Crippen LogP contribution in [0.1, 0.15) is 42.2 Å². The van der Waals surface area contributed by atoms with E-state index in [0.717, 1.165) is 12.0 Å². The van der Waals surface area contributed by atoms with E-state index in [0.29, 0.717) is 40.3 Å². The third-order valence-corrected chi connectivity index (χ3v) is 4.56. The van der Waals surface area contributed by atoms with Crippen molar-refractivity contribution in [3.8, 4) is 11.5 Å². The lowest BCUT2D eigenvalue weighted by atomic mass is 10.1. The van der Waals surface area contributed by atoms with Crippen LogP contribution in [0, 0.1) is 0 Å². The molecule has 0 radical (unpaired) electrons. The maximum atomic E-state index is 12.4. The standard InChI is InChI=1S/C20H23F2NO3S/c1-4-11-26-17-10-7-15(12-18(17)25-3)13(2)23-19(24)14-5-8-16(9-6-14)27-20(21)22/h5-10,12-13,20H,4,11H2,1-3H3,(H,23,24). The number of hydrogen-bond donors (Lipinski definition) is 1. The topological polar surface area (TPSA) is 47.6 Å². The Morgan fingerprint density at radius 2 is 1.85 bits per heavy atom. The van der Waals surface area contributed by atoms with Gasteiger partial charge in [0.15, 0.2) is 11.5 Å². The van der Waals surface area contributed by atoms with Gasteiger partial charge < -0.3 is 14.8 Å². The average molecular weight is 395 g/mol. The largest absolute Gasteiger partial charge is 0.493 e. The number of carbonyl (C=O) groups excluding carboxylic acids is 1. The number of benzene rings is 2. The van der Waals surface area contributed by atoms with Crippen LogP contribution in [0.3, 0.4) is 0 Å². The summed E-state index contributed by atoms with van der Waals surface area (Å²) in [6, 6.07) is 11.4. The molecule has 2 rings (SSSR count). The molecule has 0 saturated heterocycles. The summed E-state index contributed by atoms with van der Waals surface area (Å²) < 4.78 is 35.7. The lowest BCUT2D eigenvalue weighted by molar-refractivity contribution is 0.0939. The summed E-state index contributed by atoms with van der Waals surface area (Å²) in [5.74, 6) is -1.49. The van der Waals surface area contributed by atoms with E-state index in [2.05, 4.69) is 5.32 Å². The minimum Gasteiger partial charge on any atom is -0.493 e. The Morgan fingerprint density at radius 1 is 1.15 bits per heavy atom. The molecule has 0 spiro atoms. The van der Waals surface area contributed by atoms with Crippen molar-refractivity contribution in [2.24, 2.45) is 0 Å². The normalized spacial score (nSPS) is 11.9. The molecule has 1 atom stereocenters. The van der Waals surface area contributed by atoms with Gasteiger partial charge in [0.2, 0.25) is 0 Å². The van der Waals surface area contributed by atoms with Crippen LogP contribution in [0.15, 0.2) is 47.4 Å². The van der Waals surface area contributed by atoms with Gasteiger partial charge in [0.1, 0.15) is 0 Å². The Bertz CT molecular complexity index is 753. The number of amides is 1. The lowest BCUT2D eigenvalue weighted by Crippen LogP contribution is -2.26. The van der Waals surface area contributed by atoms with Crippen LogP contribution >= 0.6 is 11.8 Å². The molecule has 0 bridgehead atoms. The molecule has 2 aromatic rings. The number of alkyl halides is 2. The summed E-state index contributed by atoms with van der Waals surface area (Å²) >= 11 is 0.450. The van der Waals surface area contributed by atoms with E-state index >= 15 is 0 Å². The Balaban J connectivity index is 2.05. The van der Waals surface area contributed by atoms with Crippen LogP contribution < -0.4 is 14.8 Å². The van der Waals surface area contributed by atoms with Gasteiger partial charge in [0.25, 0.3) is 11.7 Å². The number of ether oxygens (including phenoxy) is 2. The maximum Gasteiger partial charge on any atom is 0.288 e. The predicted octanol–water partition coefficient (Wildman–Crippen LogP) is 5.29. The van der Waals surface area contributed by atoms with Crippen LogP contribution in [0.25, 0.3) is 0 Å². The van der Waals surface area contributed by atoms with Crippen molar-refractivity contribution >= 4 is 17.7 Å². The van der Waals surface area contributed by atoms with Crippen LogP contribution in [0.5, 0.6) is 11.5 Å². The van der Waals surface area contributed by atoms with Gasteiger partial charge in [-0.25, -0.2) is 0 Å². The SMILES string of the molecule is CCCOc1ccc(C(C)NC(=O)c2ccc(SC(F)F)cc2)cc1OC. The predicted molar refractivity (Wildman–Crippen MR) is 103 cm³/mol. The summed E-state index contributed by atoms with van der Waals surface area (Å²) in [7, 11) is 1.57. The molecule has 0 fully saturated rings. The third kappa shape index (κ3) is 6.13. The number of rotatable bonds is 9. The van der Waals surface area contributed by atoms with Gasteiger partial charge in [-0.2, -0.15) is 8.78 Å². The first-order valence-electron chi connectivity index (χ1n) is 8.61. The monoisotopic (exact) mass is 395 g/mol.